The maximum absolute atomic E-state index is 4.81. The van der Waals surface area contributed by atoms with Gasteiger partial charge in [-0.05, 0) is 36.4 Å². The van der Waals surface area contributed by atoms with Crippen LogP contribution in [-0.4, -0.2) is 22.6 Å². The van der Waals surface area contributed by atoms with E-state index in [9.17, 15) is 0 Å². The summed E-state index contributed by atoms with van der Waals surface area (Å²) in [5.74, 6) is 1.02. The van der Waals surface area contributed by atoms with Gasteiger partial charge in [0, 0.05) is 42.5 Å². The number of para-hydroxylation sites is 3. The largest absolute Gasteiger partial charge is 0.343 e. The molecule has 0 N–H and O–H groups in total. The lowest BCUT2D eigenvalue weighted by Gasteiger charge is -2.32. The summed E-state index contributed by atoms with van der Waals surface area (Å²) < 4.78 is 2.20. The predicted octanol–water partition coefficient (Wildman–Crippen LogP) is 4.90. The minimum atomic E-state index is 0.0278. The van der Waals surface area contributed by atoms with Gasteiger partial charge in [0.25, 0.3) is 0 Å². The molecular formula is C24H22N4. The number of benzene rings is 3. The molecule has 4 nitrogen and oxygen atoms in total. The van der Waals surface area contributed by atoms with E-state index in [1.165, 1.54) is 11.4 Å². The third-order valence-electron chi connectivity index (χ3n) is 5.28. The Labute approximate surface area is 165 Å². The van der Waals surface area contributed by atoms with Crippen molar-refractivity contribution < 1.29 is 0 Å². The first-order chi connectivity index (χ1) is 13.9. The van der Waals surface area contributed by atoms with Crippen molar-refractivity contribution in [2.24, 2.45) is 0 Å². The van der Waals surface area contributed by atoms with Gasteiger partial charge in [-0.3, -0.25) is 0 Å². The van der Waals surface area contributed by atoms with Gasteiger partial charge in [0.2, 0.25) is 0 Å². The molecule has 0 spiro atoms. The zero-order chi connectivity index (χ0) is 18.8. The van der Waals surface area contributed by atoms with Gasteiger partial charge in [0.15, 0.2) is 12.0 Å². The Hall–Kier alpha value is -3.53. The average Bonchev–Trinajstić information content (AvgIpc) is 3.42. The molecule has 0 amide bonds. The maximum atomic E-state index is 4.81. The van der Waals surface area contributed by atoms with E-state index in [0.29, 0.717) is 0 Å². The van der Waals surface area contributed by atoms with Gasteiger partial charge in [-0.1, -0.05) is 54.6 Å². The number of nitrogens with zero attached hydrogens (tertiary/aromatic N) is 4. The fourth-order valence-corrected chi connectivity index (χ4v) is 4.00. The Morgan fingerprint density at radius 3 is 1.57 bits per heavy atom. The van der Waals surface area contributed by atoms with E-state index in [-0.39, 0.29) is 6.17 Å². The predicted molar refractivity (Wildman–Crippen MR) is 114 cm³/mol. The Bertz CT molecular complexity index is 980. The van der Waals surface area contributed by atoms with Crippen molar-refractivity contribution in [3.63, 3.8) is 0 Å². The lowest BCUT2D eigenvalue weighted by Crippen LogP contribution is -2.33. The molecular weight excluding hydrogens is 344 g/mol. The second-order valence-electron chi connectivity index (χ2n) is 6.92. The number of aromatic nitrogens is 2. The highest BCUT2D eigenvalue weighted by atomic mass is 15.4. The highest BCUT2D eigenvalue weighted by molar-refractivity contribution is 5.58. The van der Waals surface area contributed by atoms with Crippen LogP contribution < -0.4 is 9.80 Å². The van der Waals surface area contributed by atoms with Crippen LogP contribution in [0.2, 0.25) is 0 Å². The van der Waals surface area contributed by atoms with E-state index in [2.05, 4.69) is 105 Å². The number of hydrogen-bond donors (Lipinski definition) is 0. The monoisotopic (exact) mass is 366 g/mol. The van der Waals surface area contributed by atoms with E-state index < -0.39 is 0 Å². The van der Waals surface area contributed by atoms with E-state index >= 15 is 0 Å². The first kappa shape index (κ1) is 16.6. The molecule has 1 fully saturated rings. The molecule has 5 rings (SSSR count). The van der Waals surface area contributed by atoms with E-state index in [4.69, 9.17) is 4.98 Å². The molecule has 28 heavy (non-hydrogen) atoms. The van der Waals surface area contributed by atoms with Crippen molar-refractivity contribution in [3.05, 3.63) is 109 Å². The van der Waals surface area contributed by atoms with Gasteiger partial charge in [-0.2, -0.15) is 0 Å². The molecule has 3 aromatic carbocycles. The van der Waals surface area contributed by atoms with Gasteiger partial charge in [0.1, 0.15) is 0 Å². The van der Waals surface area contributed by atoms with Gasteiger partial charge in [-0.15, -0.1) is 0 Å². The Morgan fingerprint density at radius 1 is 0.607 bits per heavy atom. The number of rotatable bonds is 4. The minimum absolute atomic E-state index is 0.0278. The van der Waals surface area contributed by atoms with Crippen molar-refractivity contribution in [1.29, 1.82) is 0 Å². The summed E-state index contributed by atoms with van der Waals surface area (Å²) in [6.45, 7) is 1.90. The van der Waals surface area contributed by atoms with Crippen LogP contribution in [-0.2, 0) is 0 Å². The zero-order valence-electron chi connectivity index (χ0n) is 15.6. The minimum Gasteiger partial charge on any atom is -0.343 e. The van der Waals surface area contributed by atoms with E-state index in [1.807, 2.05) is 12.3 Å². The summed E-state index contributed by atoms with van der Waals surface area (Å²) >= 11 is 0. The smallest absolute Gasteiger partial charge is 0.162 e. The molecule has 0 atom stereocenters. The first-order valence-corrected chi connectivity index (χ1v) is 9.64. The van der Waals surface area contributed by atoms with E-state index in [0.717, 1.165) is 24.6 Å². The molecule has 138 valence electrons. The summed E-state index contributed by atoms with van der Waals surface area (Å²) in [7, 11) is 0. The molecule has 0 radical (unpaired) electrons. The zero-order valence-corrected chi connectivity index (χ0v) is 15.6. The quantitative estimate of drug-likeness (QED) is 0.513. The second kappa shape index (κ2) is 7.24. The summed E-state index contributed by atoms with van der Waals surface area (Å²) in [6.07, 6.45) is 3.97. The van der Waals surface area contributed by atoms with Crippen molar-refractivity contribution in [3.8, 4) is 5.69 Å². The fraction of sp³-hybridized carbons (Fsp3) is 0.125. The Kier molecular flexibility index (Phi) is 4.30. The maximum Gasteiger partial charge on any atom is 0.162 e. The second-order valence-corrected chi connectivity index (χ2v) is 6.92. The molecule has 1 saturated heterocycles. The molecule has 1 aromatic heterocycles. The van der Waals surface area contributed by atoms with Gasteiger partial charge < -0.3 is 14.4 Å². The van der Waals surface area contributed by atoms with Crippen LogP contribution >= 0.6 is 0 Å². The molecule has 4 aromatic rings. The van der Waals surface area contributed by atoms with Crippen LogP contribution in [0.1, 0.15) is 12.0 Å². The van der Waals surface area contributed by atoms with Crippen LogP contribution in [0.4, 0.5) is 11.4 Å². The van der Waals surface area contributed by atoms with Crippen molar-refractivity contribution >= 4 is 11.4 Å². The molecule has 0 unspecified atom stereocenters. The molecule has 0 aliphatic carbocycles. The topological polar surface area (TPSA) is 24.3 Å². The van der Waals surface area contributed by atoms with Crippen molar-refractivity contribution in [2.75, 3.05) is 22.9 Å². The Morgan fingerprint density at radius 2 is 1.07 bits per heavy atom. The summed E-state index contributed by atoms with van der Waals surface area (Å²) in [6, 6.07) is 31.7. The number of anilines is 2. The number of hydrogen-bond acceptors (Lipinski definition) is 3. The number of imidazole rings is 1. The molecule has 4 heteroatoms. The lowest BCUT2D eigenvalue weighted by molar-refractivity contribution is 0.653. The summed E-state index contributed by atoms with van der Waals surface area (Å²) in [4.78, 5) is 9.68. The van der Waals surface area contributed by atoms with Gasteiger partial charge >= 0.3 is 0 Å². The van der Waals surface area contributed by atoms with Crippen LogP contribution in [0.3, 0.4) is 0 Å². The van der Waals surface area contributed by atoms with Crippen LogP contribution in [0, 0.1) is 0 Å². The first-order valence-electron chi connectivity index (χ1n) is 9.64. The van der Waals surface area contributed by atoms with Crippen molar-refractivity contribution in [2.45, 2.75) is 6.17 Å². The standard InChI is InChI=1S/C24H22N4/c1-4-10-20(11-5-1)26-17-16-25-23(26)24-27(21-12-6-2-7-13-21)18-19-28(24)22-14-8-3-9-15-22/h1-17,24H,18-19H2. The van der Waals surface area contributed by atoms with Gasteiger partial charge in [-0.25, -0.2) is 4.98 Å². The highest BCUT2D eigenvalue weighted by Gasteiger charge is 2.36. The summed E-state index contributed by atoms with van der Waals surface area (Å²) in [5, 5.41) is 0. The third-order valence-corrected chi connectivity index (χ3v) is 5.28. The third kappa shape index (κ3) is 2.93. The van der Waals surface area contributed by atoms with E-state index in [1.54, 1.807) is 0 Å². The van der Waals surface area contributed by atoms with Crippen LogP contribution in [0.25, 0.3) is 5.69 Å². The van der Waals surface area contributed by atoms with Crippen LogP contribution in [0.5, 0.6) is 0 Å². The fourth-order valence-electron chi connectivity index (χ4n) is 4.00. The molecule has 1 aliphatic heterocycles. The highest BCUT2D eigenvalue weighted by Crippen LogP contribution is 2.37. The molecule has 0 saturated carbocycles. The summed E-state index contributed by atoms with van der Waals surface area (Å²) in [5.41, 5.74) is 3.56. The van der Waals surface area contributed by atoms with Crippen LogP contribution in [0.15, 0.2) is 103 Å². The lowest BCUT2D eigenvalue weighted by atomic mass is 10.2. The van der Waals surface area contributed by atoms with Crippen molar-refractivity contribution in [1.82, 2.24) is 9.55 Å². The molecule has 2 heterocycles. The molecule has 1 aliphatic rings. The normalized spacial score (nSPS) is 14.6. The Balaban J connectivity index is 1.63. The SMILES string of the molecule is c1ccc(N2CCN(c3ccccc3)C2c2nccn2-c2ccccc2)cc1. The average molecular weight is 366 g/mol. The molecule has 0 bridgehead atoms. The van der Waals surface area contributed by atoms with Gasteiger partial charge in [0.05, 0.1) is 0 Å².